The van der Waals surface area contributed by atoms with E-state index in [1.54, 1.807) is 4.90 Å². The van der Waals surface area contributed by atoms with Crippen LogP contribution in [0, 0.1) is 23.0 Å². The van der Waals surface area contributed by atoms with Gasteiger partial charge in [0.1, 0.15) is 28.9 Å². The first kappa shape index (κ1) is 25.9. The van der Waals surface area contributed by atoms with Gasteiger partial charge in [-0.3, -0.25) is 4.79 Å². The number of amides is 1. The van der Waals surface area contributed by atoms with E-state index >= 15 is 0 Å². The highest BCUT2D eigenvalue weighted by Gasteiger charge is 2.52. The minimum atomic E-state index is -1.37. The van der Waals surface area contributed by atoms with Crippen molar-refractivity contribution in [3.8, 4) is 10.6 Å². The van der Waals surface area contributed by atoms with Gasteiger partial charge < -0.3 is 15.3 Å². The van der Waals surface area contributed by atoms with Crippen molar-refractivity contribution in [1.82, 2.24) is 15.2 Å². The molecule has 2 fully saturated rings. The van der Waals surface area contributed by atoms with Crippen molar-refractivity contribution in [2.45, 2.75) is 51.6 Å². The minimum Gasteiger partial charge on any atom is -0.382 e. The number of thiazole rings is 1. The molecular weight excluding hydrogens is 499 g/mol. The molecule has 0 bridgehead atoms. The summed E-state index contributed by atoms with van der Waals surface area (Å²) in [7, 11) is 0. The summed E-state index contributed by atoms with van der Waals surface area (Å²) in [5, 5.41) is 14.1. The topological polar surface area (TPSA) is 65.5 Å². The Labute approximate surface area is 218 Å². The second-order valence-electron chi connectivity index (χ2n) is 10.9. The number of nitrogens with zero attached hydrogens (tertiary/aromatic N) is 2. The average Bonchev–Trinajstić information content (AvgIpc) is 3.42. The lowest BCUT2D eigenvalue weighted by molar-refractivity contribution is -0.155. The highest BCUT2D eigenvalue weighted by molar-refractivity contribution is 7.15. The van der Waals surface area contributed by atoms with Crippen molar-refractivity contribution in [3.63, 3.8) is 0 Å². The van der Waals surface area contributed by atoms with Crippen molar-refractivity contribution >= 4 is 17.2 Å². The zero-order valence-electron chi connectivity index (χ0n) is 20.9. The second kappa shape index (κ2) is 9.85. The first-order valence-electron chi connectivity index (χ1n) is 12.4. The van der Waals surface area contributed by atoms with Crippen LogP contribution in [0.1, 0.15) is 42.9 Å². The van der Waals surface area contributed by atoms with Gasteiger partial charge >= 0.3 is 0 Å². The van der Waals surface area contributed by atoms with E-state index < -0.39 is 53.2 Å². The maximum absolute atomic E-state index is 14.8. The van der Waals surface area contributed by atoms with E-state index in [1.165, 1.54) is 11.3 Å². The van der Waals surface area contributed by atoms with Gasteiger partial charge in [-0.2, -0.15) is 0 Å². The lowest BCUT2D eigenvalue weighted by atomic mass is 9.79. The molecule has 1 aromatic heterocycles. The third kappa shape index (κ3) is 4.92. The van der Waals surface area contributed by atoms with Gasteiger partial charge in [0.15, 0.2) is 0 Å². The average molecular weight is 530 g/mol. The number of piperidine rings is 1. The number of hydrogen-bond acceptors (Lipinski definition) is 5. The van der Waals surface area contributed by atoms with Crippen LogP contribution < -0.4 is 5.32 Å². The first-order chi connectivity index (χ1) is 17.5. The van der Waals surface area contributed by atoms with Crippen LogP contribution in [0.15, 0.2) is 48.5 Å². The Hall–Kier alpha value is -2.75. The maximum atomic E-state index is 14.8. The molecule has 2 aromatic carbocycles. The fourth-order valence-electron chi connectivity index (χ4n) is 5.51. The highest BCUT2D eigenvalue weighted by atomic mass is 32.1. The molecule has 9 heteroatoms. The molecule has 1 amide bonds. The molecule has 2 aliphatic heterocycles. The van der Waals surface area contributed by atoms with Gasteiger partial charge in [0.25, 0.3) is 5.91 Å². The number of carbonyl (C=O) groups is 1. The number of hydrogen-bond donors (Lipinski definition) is 2. The third-order valence-corrected chi connectivity index (χ3v) is 8.35. The summed E-state index contributed by atoms with van der Waals surface area (Å²) in [5.41, 5.74) is 1.05. The SMILES string of the molecule is CC(C)(C)C(c1nc(-c2cc(F)ccc2F)sc1Cc1ccccc1)N1CC2C(F)CNC2C(O)C1=O. The molecule has 2 N–H and O–H groups in total. The van der Waals surface area contributed by atoms with Crippen molar-refractivity contribution in [2.75, 3.05) is 13.1 Å². The highest BCUT2D eigenvalue weighted by Crippen LogP contribution is 2.45. The van der Waals surface area contributed by atoms with E-state index in [0.29, 0.717) is 17.1 Å². The molecule has 0 spiro atoms. The van der Waals surface area contributed by atoms with E-state index in [1.807, 2.05) is 51.1 Å². The first-order valence-corrected chi connectivity index (χ1v) is 13.2. The van der Waals surface area contributed by atoms with Crippen LogP contribution >= 0.6 is 11.3 Å². The summed E-state index contributed by atoms with van der Waals surface area (Å²) in [6.07, 6.45) is -2.09. The lowest BCUT2D eigenvalue weighted by Gasteiger charge is -2.46. The third-order valence-electron chi connectivity index (χ3n) is 7.24. The van der Waals surface area contributed by atoms with Crippen molar-refractivity contribution in [2.24, 2.45) is 11.3 Å². The molecule has 5 unspecified atom stereocenters. The summed E-state index contributed by atoms with van der Waals surface area (Å²) < 4.78 is 43.6. The number of halogens is 3. The van der Waals surface area contributed by atoms with Gasteiger partial charge in [-0.15, -0.1) is 11.3 Å². The molecule has 5 atom stereocenters. The smallest absolute Gasteiger partial charge is 0.253 e. The fraction of sp³-hybridized carbons (Fsp3) is 0.429. The van der Waals surface area contributed by atoms with Gasteiger partial charge in [-0.05, 0) is 29.2 Å². The van der Waals surface area contributed by atoms with Crippen LogP contribution in [-0.2, 0) is 11.2 Å². The van der Waals surface area contributed by atoms with Gasteiger partial charge in [0.2, 0.25) is 0 Å². The molecule has 0 saturated carbocycles. The van der Waals surface area contributed by atoms with Gasteiger partial charge in [0.05, 0.1) is 11.7 Å². The zero-order valence-corrected chi connectivity index (χ0v) is 21.7. The number of nitrogens with one attached hydrogen (secondary N) is 1. The summed E-state index contributed by atoms with van der Waals surface area (Å²) >= 11 is 1.26. The molecule has 37 heavy (non-hydrogen) atoms. The molecule has 0 radical (unpaired) electrons. The molecule has 2 saturated heterocycles. The lowest BCUT2D eigenvalue weighted by Crippen LogP contribution is -2.60. The Kier molecular flexibility index (Phi) is 6.89. The number of aliphatic hydroxyl groups is 1. The van der Waals surface area contributed by atoms with Crippen LogP contribution in [0.2, 0.25) is 0 Å². The van der Waals surface area contributed by atoms with E-state index in [2.05, 4.69) is 5.32 Å². The largest absolute Gasteiger partial charge is 0.382 e. The number of benzene rings is 2. The number of rotatable bonds is 5. The monoisotopic (exact) mass is 529 g/mol. The van der Waals surface area contributed by atoms with E-state index in [-0.39, 0.29) is 18.7 Å². The number of likely N-dealkylation sites (tertiary alicyclic amines) is 1. The molecular formula is C28H30F3N3O2S. The Morgan fingerprint density at radius 2 is 1.92 bits per heavy atom. The molecule has 3 aromatic rings. The number of aliphatic hydroxyl groups excluding tert-OH is 1. The Bertz CT molecular complexity index is 1290. The predicted octanol–water partition coefficient (Wildman–Crippen LogP) is 4.90. The van der Waals surface area contributed by atoms with Crippen LogP contribution in [0.25, 0.3) is 10.6 Å². The number of carbonyl (C=O) groups excluding carboxylic acids is 1. The van der Waals surface area contributed by atoms with Gasteiger partial charge in [-0.1, -0.05) is 51.1 Å². The minimum absolute atomic E-state index is 0.0482. The molecule has 196 valence electrons. The summed E-state index contributed by atoms with van der Waals surface area (Å²) in [4.78, 5) is 20.6. The summed E-state index contributed by atoms with van der Waals surface area (Å²) in [6, 6.07) is 11.7. The summed E-state index contributed by atoms with van der Waals surface area (Å²) in [6.45, 7) is 6.08. The predicted molar refractivity (Wildman–Crippen MR) is 137 cm³/mol. The second-order valence-corrected chi connectivity index (χ2v) is 12.0. The van der Waals surface area contributed by atoms with Crippen molar-refractivity contribution < 1.29 is 23.1 Å². The quantitative estimate of drug-likeness (QED) is 0.494. The van der Waals surface area contributed by atoms with Crippen LogP contribution in [0.4, 0.5) is 13.2 Å². The van der Waals surface area contributed by atoms with E-state index in [4.69, 9.17) is 4.98 Å². The zero-order chi connectivity index (χ0) is 26.5. The molecule has 5 rings (SSSR count). The van der Waals surface area contributed by atoms with E-state index in [9.17, 15) is 23.1 Å². The van der Waals surface area contributed by atoms with Crippen LogP contribution in [0.3, 0.4) is 0 Å². The molecule has 2 aliphatic rings. The van der Waals surface area contributed by atoms with E-state index in [0.717, 1.165) is 28.6 Å². The maximum Gasteiger partial charge on any atom is 0.253 e. The molecule has 0 aliphatic carbocycles. The Morgan fingerprint density at radius 1 is 1.19 bits per heavy atom. The Morgan fingerprint density at radius 3 is 2.62 bits per heavy atom. The van der Waals surface area contributed by atoms with Crippen molar-refractivity contribution in [1.29, 1.82) is 0 Å². The summed E-state index contributed by atoms with van der Waals surface area (Å²) in [5.74, 6) is -2.20. The van der Waals surface area contributed by atoms with Crippen LogP contribution in [-0.4, -0.2) is 52.3 Å². The van der Waals surface area contributed by atoms with Gasteiger partial charge in [-0.25, -0.2) is 18.2 Å². The normalized spacial score (nSPS) is 24.8. The van der Waals surface area contributed by atoms with Crippen LogP contribution in [0.5, 0.6) is 0 Å². The fourth-order valence-corrected chi connectivity index (χ4v) is 6.65. The van der Waals surface area contributed by atoms with Gasteiger partial charge in [0, 0.05) is 41.9 Å². The molecule has 3 heterocycles. The molecule has 5 nitrogen and oxygen atoms in total. The number of aromatic nitrogens is 1. The Balaban J connectivity index is 1.64. The number of fused-ring (bicyclic) bond motifs is 1. The number of alkyl halides is 1. The standard InChI is InChI=1S/C28H30F3N3O2S/c1-28(2,3)25(34-14-18-20(31)13-32-22(18)24(35)27(34)36)23-21(11-15-7-5-4-6-8-15)37-26(33-23)17-12-16(29)9-10-19(17)30/h4-10,12,18,20,22,24-25,32,35H,11,13-14H2,1-3H3. The van der Waals surface area contributed by atoms with Crippen molar-refractivity contribution in [3.05, 3.63) is 76.3 Å².